The van der Waals surface area contributed by atoms with Crippen molar-refractivity contribution >= 4 is 11.9 Å². The minimum absolute atomic E-state index is 0.112. The first-order valence-corrected chi connectivity index (χ1v) is 6.23. The monoisotopic (exact) mass is 281 g/mol. The van der Waals surface area contributed by atoms with E-state index in [2.05, 4.69) is 0 Å². The number of carbonyl (C=O) groups is 2. The number of ether oxygens (including phenoxy) is 1. The summed E-state index contributed by atoms with van der Waals surface area (Å²) in [7, 11) is 1.40. The van der Waals surface area contributed by atoms with Crippen molar-refractivity contribution in [3.63, 3.8) is 0 Å². The molecule has 108 valence electrons. The molecule has 1 aromatic carbocycles. The molecule has 5 nitrogen and oxygen atoms in total. The van der Waals surface area contributed by atoms with E-state index in [1.807, 2.05) is 0 Å². The van der Waals surface area contributed by atoms with Crippen LogP contribution in [0.25, 0.3) is 0 Å². The van der Waals surface area contributed by atoms with Crippen LogP contribution >= 0.6 is 0 Å². The van der Waals surface area contributed by atoms with E-state index >= 15 is 0 Å². The maximum atomic E-state index is 13.3. The van der Waals surface area contributed by atoms with E-state index in [4.69, 9.17) is 9.84 Å². The molecule has 1 aliphatic rings. The molecular weight excluding hydrogens is 265 g/mol. The van der Waals surface area contributed by atoms with Gasteiger partial charge in [0, 0.05) is 13.1 Å². The summed E-state index contributed by atoms with van der Waals surface area (Å²) in [5.74, 6) is -1.60. The number of aliphatic carboxylic acids is 1. The number of nitrogens with zero attached hydrogens (tertiary/aromatic N) is 1. The van der Waals surface area contributed by atoms with Crippen LogP contribution in [0.2, 0.25) is 0 Å². The van der Waals surface area contributed by atoms with Crippen LogP contribution in [-0.4, -0.2) is 42.1 Å². The Hall–Kier alpha value is -2.11. The molecule has 0 saturated carbocycles. The first-order chi connectivity index (χ1) is 9.37. The van der Waals surface area contributed by atoms with Gasteiger partial charge in [-0.05, 0) is 31.5 Å². The van der Waals surface area contributed by atoms with Crippen LogP contribution in [0, 0.1) is 11.2 Å². The lowest BCUT2D eigenvalue weighted by molar-refractivity contribution is -0.147. The van der Waals surface area contributed by atoms with E-state index in [1.165, 1.54) is 24.1 Å². The highest BCUT2D eigenvalue weighted by molar-refractivity contribution is 5.97. The Kier molecular flexibility index (Phi) is 3.65. The fraction of sp³-hybridized carbons (Fsp3) is 0.429. The van der Waals surface area contributed by atoms with Crippen molar-refractivity contribution in [1.82, 2.24) is 4.90 Å². The Morgan fingerprint density at radius 1 is 1.45 bits per heavy atom. The lowest BCUT2D eigenvalue weighted by Crippen LogP contribution is -2.35. The van der Waals surface area contributed by atoms with Gasteiger partial charge in [-0.3, -0.25) is 9.59 Å². The van der Waals surface area contributed by atoms with Gasteiger partial charge in [0.25, 0.3) is 5.91 Å². The molecule has 1 heterocycles. The third-order valence-corrected chi connectivity index (χ3v) is 3.67. The second kappa shape index (κ2) is 5.11. The molecule has 1 saturated heterocycles. The van der Waals surface area contributed by atoms with Gasteiger partial charge in [0.15, 0.2) is 0 Å². The highest BCUT2D eigenvalue weighted by Crippen LogP contribution is 2.32. The first-order valence-electron chi connectivity index (χ1n) is 6.23. The molecule has 0 spiro atoms. The smallest absolute Gasteiger partial charge is 0.311 e. The molecule has 0 bridgehead atoms. The van der Waals surface area contributed by atoms with Gasteiger partial charge in [0.2, 0.25) is 0 Å². The third-order valence-electron chi connectivity index (χ3n) is 3.67. The Bertz CT molecular complexity index is 560. The minimum atomic E-state index is -0.948. The minimum Gasteiger partial charge on any atom is -0.496 e. The number of carboxylic acid groups (broad SMARTS) is 1. The lowest BCUT2D eigenvalue weighted by atomic mass is 9.90. The van der Waals surface area contributed by atoms with Gasteiger partial charge in [-0.15, -0.1) is 0 Å². The number of likely N-dealkylation sites (tertiary alicyclic amines) is 1. The number of hydrogen-bond donors (Lipinski definition) is 1. The Morgan fingerprint density at radius 3 is 2.70 bits per heavy atom. The number of amides is 1. The third kappa shape index (κ3) is 2.45. The Morgan fingerprint density at radius 2 is 2.15 bits per heavy atom. The van der Waals surface area contributed by atoms with E-state index in [1.54, 1.807) is 6.92 Å². The molecule has 20 heavy (non-hydrogen) atoms. The maximum absolute atomic E-state index is 13.3. The van der Waals surface area contributed by atoms with Crippen molar-refractivity contribution in [3.05, 3.63) is 29.6 Å². The fourth-order valence-electron chi connectivity index (χ4n) is 2.33. The fourth-order valence-corrected chi connectivity index (χ4v) is 2.33. The number of carbonyl (C=O) groups excluding carboxylic acids is 1. The van der Waals surface area contributed by atoms with Gasteiger partial charge in [-0.1, -0.05) is 0 Å². The standard InChI is InChI=1S/C14H16FNO4/c1-14(13(18)19)5-6-16(8-14)12(17)10-7-9(15)3-4-11(10)20-2/h3-4,7H,5-6,8H2,1-2H3,(H,18,19)/t14-/m1/s1. The van der Waals surface area contributed by atoms with Crippen LogP contribution in [0.3, 0.4) is 0 Å². The summed E-state index contributed by atoms with van der Waals surface area (Å²) in [5, 5.41) is 9.16. The largest absolute Gasteiger partial charge is 0.496 e. The summed E-state index contributed by atoms with van der Waals surface area (Å²) >= 11 is 0. The molecule has 1 aliphatic heterocycles. The van der Waals surface area contributed by atoms with E-state index in [9.17, 15) is 14.0 Å². The van der Waals surface area contributed by atoms with Gasteiger partial charge < -0.3 is 14.7 Å². The normalized spacial score (nSPS) is 21.9. The molecule has 6 heteroatoms. The van der Waals surface area contributed by atoms with Crippen LogP contribution in [0.15, 0.2) is 18.2 Å². The van der Waals surface area contributed by atoms with Crippen molar-refractivity contribution in [3.8, 4) is 5.75 Å². The molecule has 1 atom stereocenters. The van der Waals surface area contributed by atoms with Gasteiger partial charge in [0.1, 0.15) is 11.6 Å². The van der Waals surface area contributed by atoms with Crippen LogP contribution in [0.4, 0.5) is 4.39 Å². The number of methoxy groups -OCH3 is 1. The van der Waals surface area contributed by atoms with Crippen molar-refractivity contribution in [2.45, 2.75) is 13.3 Å². The highest BCUT2D eigenvalue weighted by Gasteiger charge is 2.42. The summed E-state index contributed by atoms with van der Waals surface area (Å²) in [5.41, 5.74) is -0.835. The Labute approximate surface area is 116 Å². The molecule has 0 aliphatic carbocycles. The summed E-state index contributed by atoms with van der Waals surface area (Å²) in [6.07, 6.45) is 0.381. The number of carboxylic acids is 1. The number of rotatable bonds is 3. The van der Waals surface area contributed by atoms with Crippen LogP contribution in [-0.2, 0) is 4.79 Å². The van der Waals surface area contributed by atoms with Gasteiger partial charge >= 0.3 is 5.97 Å². The zero-order chi connectivity index (χ0) is 14.9. The summed E-state index contributed by atoms with van der Waals surface area (Å²) < 4.78 is 18.3. The highest BCUT2D eigenvalue weighted by atomic mass is 19.1. The zero-order valence-corrected chi connectivity index (χ0v) is 11.4. The molecule has 0 aromatic heterocycles. The van der Waals surface area contributed by atoms with Crippen LogP contribution in [0.5, 0.6) is 5.75 Å². The number of hydrogen-bond acceptors (Lipinski definition) is 3. The van der Waals surface area contributed by atoms with E-state index in [0.29, 0.717) is 13.0 Å². The summed E-state index contributed by atoms with van der Waals surface area (Å²) in [6.45, 7) is 2.05. The predicted octanol–water partition coefficient (Wildman–Crippen LogP) is 1.77. The summed E-state index contributed by atoms with van der Waals surface area (Å²) in [6, 6.07) is 3.70. The van der Waals surface area contributed by atoms with Gasteiger partial charge in [-0.2, -0.15) is 0 Å². The van der Waals surface area contributed by atoms with E-state index in [-0.39, 0.29) is 17.9 Å². The second-order valence-electron chi connectivity index (χ2n) is 5.19. The quantitative estimate of drug-likeness (QED) is 0.917. The SMILES string of the molecule is COc1ccc(F)cc1C(=O)N1CC[C@@](C)(C(=O)O)C1. The molecular formula is C14H16FNO4. The van der Waals surface area contributed by atoms with Crippen molar-refractivity contribution in [2.75, 3.05) is 20.2 Å². The molecule has 1 N–H and O–H groups in total. The zero-order valence-electron chi connectivity index (χ0n) is 11.4. The molecule has 0 radical (unpaired) electrons. The van der Waals surface area contributed by atoms with Crippen molar-refractivity contribution < 1.29 is 23.8 Å². The van der Waals surface area contributed by atoms with Crippen LogP contribution < -0.4 is 4.74 Å². The topological polar surface area (TPSA) is 66.8 Å². The summed E-state index contributed by atoms with van der Waals surface area (Å²) in [4.78, 5) is 25.0. The average Bonchev–Trinajstić information content (AvgIpc) is 2.82. The molecule has 1 amide bonds. The van der Waals surface area contributed by atoms with Crippen molar-refractivity contribution in [1.29, 1.82) is 0 Å². The van der Waals surface area contributed by atoms with Gasteiger partial charge in [-0.25, -0.2) is 4.39 Å². The van der Waals surface area contributed by atoms with Crippen molar-refractivity contribution in [2.24, 2.45) is 5.41 Å². The van der Waals surface area contributed by atoms with Gasteiger partial charge in [0.05, 0.1) is 18.1 Å². The molecule has 1 fully saturated rings. The first kappa shape index (κ1) is 14.3. The molecule has 0 unspecified atom stereocenters. The molecule has 2 rings (SSSR count). The van der Waals surface area contributed by atoms with Crippen LogP contribution in [0.1, 0.15) is 23.7 Å². The predicted molar refractivity (Wildman–Crippen MR) is 69.2 cm³/mol. The average molecular weight is 281 g/mol. The Balaban J connectivity index is 2.25. The number of benzene rings is 1. The number of halogens is 1. The maximum Gasteiger partial charge on any atom is 0.311 e. The van der Waals surface area contributed by atoms with E-state index < -0.39 is 23.1 Å². The molecule has 1 aromatic rings. The van der Waals surface area contributed by atoms with E-state index in [0.717, 1.165) is 6.07 Å². The second-order valence-corrected chi connectivity index (χ2v) is 5.19. The lowest BCUT2D eigenvalue weighted by Gasteiger charge is -2.21.